The van der Waals surface area contributed by atoms with Gasteiger partial charge in [-0.25, -0.2) is 0 Å². The summed E-state index contributed by atoms with van der Waals surface area (Å²) in [6.45, 7) is 2.81. The van der Waals surface area contributed by atoms with Crippen LogP contribution in [-0.4, -0.2) is 18.8 Å². The van der Waals surface area contributed by atoms with Crippen LogP contribution < -0.4 is 9.47 Å². The topological polar surface area (TPSA) is 38.7 Å². The number of methoxy groups -OCH3 is 1. The summed E-state index contributed by atoms with van der Waals surface area (Å²) in [4.78, 5) is 0. The van der Waals surface area contributed by atoms with Gasteiger partial charge in [0.15, 0.2) is 11.5 Å². The predicted molar refractivity (Wildman–Crippen MR) is 87.4 cm³/mol. The number of aliphatic hydroxyl groups excluding tert-OH is 1. The van der Waals surface area contributed by atoms with E-state index >= 15 is 0 Å². The molecule has 1 aromatic rings. The molecule has 0 aromatic heterocycles. The van der Waals surface area contributed by atoms with Gasteiger partial charge in [-0.15, -0.1) is 0 Å². The van der Waals surface area contributed by atoms with Gasteiger partial charge in [-0.05, 0) is 24.1 Å². The molecule has 3 nitrogen and oxygen atoms in total. The molecule has 0 radical (unpaired) electrons. The summed E-state index contributed by atoms with van der Waals surface area (Å²) in [5.74, 6) is 1.15. The average molecular weight is 315 g/mol. The fourth-order valence-electron chi connectivity index (χ4n) is 2.24. The molecule has 0 fully saturated rings. The van der Waals surface area contributed by atoms with E-state index in [0.717, 1.165) is 12.0 Å². The Bertz CT molecular complexity index is 407. The summed E-state index contributed by atoms with van der Waals surface area (Å²) >= 11 is 6.17. The van der Waals surface area contributed by atoms with Crippen LogP contribution in [0.2, 0.25) is 5.02 Å². The van der Waals surface area contributed by atoms with E-state index in [-0.39, 0.29) is 6.61 Å². The second-order valence-corrected chi connectivity index (χ2v) is 5.64. The van der Waals surface area contributed by atoms with Gasteiger partial charge in [-0.2, -0.15) is 0 Å². The third-order valence-electron chi connectivity index (χ3n) is 3.47. The van der Waals surface area contributed by atoms with Gasteiger partial charge < -0.3 is 14.6 Å². The van der Waals surface area contributed by atoms with Gasteiger partial charge in [0.2, 0.25) is 0 Å². The van der Waals surface area contributed by atoms with Crippen molar-refractivity contribution in [3.8, 4) is 11.5 Å². The third kappa shape index (κ3) is 6.58. The van der Waals surface area contributed by atoms with Gasteiger partial charge in [0.25, 0.3) is 0 Å². The molecule has 0 aliphatic rings. The Kier molecular flexibility index (Phi) is 9.27. The number of halogens is 1. The van der Waals surface area contributed by atoms with E-state index in [9.17, 15) is 0 Å². The first-order valence-corrected chi connectivity index (χ1v) is 8.20. The Balaban J connectivity index is 2.34. The van der Waals surface area contributed by atoms with Crippen LogP contribution in [0, 0.1) is 0 Å². The van der Waals surface area contributed by atoms with Crippen LogP contribution in [-0.2, 0) is 6.61 Å². The molecule has 0 unspecified atom stereocenters. The molecular formula is C17H27ClO3. The van der Waals surface area contributed by atoms with E-state index in [2.05, 4.69) is 6.92 Å². The van der Waals surface area contributed by atoms with E-state index in [1.807, 2.05) is 0 Å². The van der Waals surface area contributed by atoms with Crippen molar-refractivity contribution in [2.24, 2.45) is 0 Å². The largest absolute Gasteiger partial charge is 0.493 e. The lowest BCUT2D eigenvalue weighted by atomic mass is 10.1. The quantitative estimate of drug-likeness (QED) is 0.586. The second-order valence-electron chi connectivity index (χ2n) is 5.24. The molecule has 0 saturated carbocycles. The van der Waals surface area contributed by atoms with Crippen LogP contribution in [0.4, 0.5) is 0 Å². The molecule has 0 amide bonds. The smallest absolute Gasteiger partial charge is 0.179 e. The normalized spacial score (nSPS) is 10.7. The average Bonchev–Trinajstić information content (AvgIpc) is 2.50. The fourth-order valence-corrected chi connectivity index (χ4v) is 2.53. The summed E-state index contributed by atoms with van der Waals surface area (Å²) < 4.78 is 11.0. The zero-order chi connectivity index (χ0) is 15.5. The van der Waals surface area contributed by atoms with E-state index in [1.54, 1.807) is 19.2 Å². The SMILES string of the molecule is CCCCCCCCCOc1c(Cl)cc(CO)cc1OC. The van der Waals surface area contributed by atoms with Gasteiger partial charge in [0, 0.05) is 0 Å². The van der Waals surface area contributed by atoms with Gasteiger partial charge >= 0.3 is 0 Å². The van der Waals surface area contributed by atoms with Crippen molar-refractivity contribution >= 4 is 11.6 Å². The highest BCUT2D eigenvalue weighted by molar-refractivity contribution is 6.32. The highest BCUT2D eigenvalue weighted by Gasteiger charge is 2.11. The van der Waals surface area contributed by atoms with Crippen LogP contribution in [0.1, 0.15) is 57.4 Å². The molecule has 1 N–H and O–H groups in total. The zero-order valence-electron chi connectivity index (χ0n) is 13.2. The minimum absolute atomic E-state index is 0.0614. The zero-order valence-corrected chi connectivity index (χ0v) is 13.9. The van der Waals surface area contributed by atoms with Gasteiger partial charge in [-0.1, -0.05) is 57.0 Å². The Labute approximate surface area is 133 Å². The van der Waals surface area contributed by atoms with E-state index in [0.29, 0.717) is 23.1 Å². The number of hydrogen-bond donors (Lipinski definition) is 1. The lowest BCUT2D eigenvalue weighted by Crippen LogP contribution is -2.01. The fraction of sp³-hybridized carbons (Fsp3) is 0.647. The van der Waals surface area contributed by atoms with E-state index < -0.39 is 0 Å². The summed E-state index contributed by atoms with van der Waals surface area (Å²) in [6, 6.07) is 3.47. The van der Waals surface area contributed by atoms with Crippen LogP contribution in [0.15, 0.2) is 12.1 Å². The molecule has 0 spiro atoms. The molecule has 0 heterocycles. The van der Waals surface area contributed by atoms with Crippen molar-refractivity contribution in [2.45, 2.75) is 58.5 Å². The lowest BCUT2D eigenvalue weighted by Gasteiger charge is -2.13. The van der Waals surface area contributed by atoms with Crippen molar-refractivity contribution in [3.05, 3.63) is 22.7 Å². The minimum Gasteiger partial charge on any atom is -0.493 e. The Morgan fingerprint density at radius 3 is 2.33 bits per heavy atom. The lowest BCUT2D eigenvalue weighted by molar-refractivity contribution is 0.274. The van der Waals surface area contributed by atoms with Crippen LogP contribution in [0.5, 0.6) is 11.5 Å². The molecule has 0 aliphatic carbocycles. The van der Waals surface area contributed by atoms with Crippen LogP contribution in [0.3, 0.4) is 0 Å². The number of unbranched alkanes of at least 4 members (excludes halogenated alkanes) is 6. The minimum atomic E-state index is -0.0614. The number of aliphatic hydroxyl groups is 1. The van der Waals surface area contributed by atoms with Crippen molar-refractivity contribution in [1.82, 2.24) is 0 Å². The predicted octanol–water partition coefficient (Wildman–Crippen LogP) is 4.97. The van der Waals surface area contributed by atoms with E-state index in [4.69, 9.17) is 26.2 Å². The molecular weight excluding hydrogens is 288 g/mol. The van der Waals surface area contributed by atoms with Crippen molar-refractivity contribution in [1.29, 1.82) is 0 Å². The molecule has 0 saturated heterocycles. The van der Waals surface area contributed by atoms with Crippen molar-refractivity contribution < 1.29 is 14.6 Å². The molecule has 4 heteroatoms. The second kappa shape index (κ2) is 10.7. The Hall–Kier alpha value is -0.930. The Morgan fingerprint density at radius 2 is 1.71 bits per heavy atom. The summed E-state index contributed by atoms with van der Waals surface area (Å²) in [5, 5.41) is 9.64. The number of ether oxygens (including phenoxy) is 2. The molecule has 21 heavy (non-hydrogen) atoms. The van der Waals surface area contributed by atoms with Gasteiger partial charge in [0.05, 0.1) is 25.3 Å². The standard InChI is InChI=1S/C17H27ClO3/c1-3-4-5-6-7-8-9-10-21-17-15(18)11-14(13-19)12-16(17)20-2/h11-12,19H,3-10,13H2,1-2H3. The number of rotatable bonds is 11. The first-order chi connectivity index (χ1) is 10.2. The summed E-state index contributed by atoms with van der Waals surface area (Å²) in [6.07, 6.45) is 8.72. The Morgan fingerprint density at radius 1 is 1.05 bits per heavy atom. The molecule has 120 valence electrons. The van der Waals surface area contributed by atoms with Crippen molar-refractivity contribution in [3.63, 3.8) is 0 Å². The molecule has 0 atom stereocenters. The maximum absolute atomic E-state index is 9.15. The van der Waals surface area contributed by atoms with Crippen LogP contribution in [0.25, 0.3) is 0 Å². The first kappa shape index (κ1) is 18.1. The highest BCUT2D eigenvalue weighted by Crippen LogP contribution is 2.36. The maximum Gasteiger partial charge on any atom is 0.179 e. The molecule has 0 bridgehead atoms. The molecule has 0 aliphatic heterocycles. The number of benzene rings is 1. The maximum atomic E-state index is 9.15. The van der Waals surface area contributed by atoms with Gasteiger partial charge in [0.1, 0.15) is 0 Å². The van der Waals surface area contributed by atoms with Gasteiger partial charge in [-0.3, -0.25) is 0 Å². The number of hydrogen-bond acceptors (Lipinski definition) is 3. The molecule has 1 aromatic carbocycles. The summed E-state index contributed by atoms with van der Waals surface area (Å²) in [5.41, 5.74) is 0.722. The van der Waals surface area contributed by atoms with Crippen LogP contribution >= 0.6 is 11.6 Å². The first-order valence-electron chi connectivity index (χ1n) is 7.83. The monoisotopic (exact) mass is 314 g/mol. The van der Waals surface area contributed by atoms with Crippen molar-refractivity contribution in [2.75, 3.05) is 13.7 Å². The van der Waals surface area contributed by atoms with E-state index in [1.165, 1.54) is 38.5 Å². The molecule has 1 rings (SSSR count). The third-order valence-corrected chi connectivity index (χ3v) is 3.75. The summed E-state index contributed by atoms with van der Waals surface area (Å²) in [7, 11) is 1.58. The highest BCUT2D eigenvalue weighted by atomic mass is 35.5.